The van der Waals surface area contributed by atoms with E-state index in [2.05, 4.69) is 4.98 Å². The Labute approximate surface area is 94.5 Å². The third-order valence-electron chi connectivity index (χ3n) is 2.53. The van der Waals surface area contributed by atoms with E-state index >= 15 is 0 Å². The molecule has 1 saturated heterocycles. The van der Waals surface area contributed by atoms with E-state index in [9.17, 15) is 8.42 Å². The van der Waals surface area contributed by atoms with Crippen LogP contribution in [0.25, 0.3) is 0 Å². The van der Waals surface area contributed by atoms with Crippen molar-refractivity contribution in [2.24, 2.45) is 11.7 Å². The molecule has 16 heavy (non-hydrogen) atoms. The van der Waals surface area contributed by atoms with Crippen LogP contribution in [0.15, 0.2) is 23.2 Å². The summed E-state index contributed by atoms with van der Waals surface area (Å²) in [4.78, 5) is 4.24. The van der Waals surface area contributed by atoms with Gasteiger partial charge in [-0.1, -0.05) is 0 Å². The van der Waals surface area contributed by atoms with E-state index in [0.29, 0.717) is 25.5 Å². The molecule has 0 atom stereocenters. The Morgan fingerprint density at radius 2 is 2.19 bits per heavy atom. The zero-order chi connectivity index (χ0) is 11.6. The fourth-order valence-electron chi connectivity index (χ4n) is 1.50. The van der Waals surface area contributed by atoms with Gasteiger partial charge in [0.05, 0.1) is 29.6 Å². The summed E-state index contributed by atoms with van der Waals surface area (Å²) in [6.07, 6.45) is 1.37. The second kappa shape index (κ2) is 4.48. The van der Waals surface area contributed by atoms with Gasteiger partial charge in [0, 0.05) is 18.7 Å². The Kier molecular flexibility index (Phi) is 3.22. The van der Waals surface area contributed by atoms with Crippen molar-refractivity contribution in [2.75, 3.05) is 19.0 Å². The minimum atomic E-state index is -3.23. The van der Waals surface area contributed by atoms with Crippen molar-refractivity contribution in [3.8, 4) is 0 Å². The summed E-state index contributed by atoms with van der Waals surface area (Å²) >= 11 is 0. The number of aromatic nitrogens is 1. The molecular weight excluding hydrogens is 228 g/mol. The standard InChI is InChI=1S/C10H14N2O3S/c11-3-9-1-2-10(4-12-9)16(13,14)7-8-5-15-6-8/h1-2,4,8H,3,5-7,11H2. The SMILES string of the molecule is NCc1ccc(S(=O)(=O)CC2COC2)cn1. The third kappa shape index (κ3) is 2.40. The summed E-state index contributed by atoms with van der Waals surface area (Å²) in [6.45, 7) is 1.39. The van der Waals surface area contributed by atoms with Crippen LogP contribution in [-0.2, 0) is 21.1 Å². The smallest absolute Gasteiger partial charge is 0.180 e. The third-order valence-corrected chi connectivity index (χ3v) is 4.40. The second-order valence-corrected chi connectivity index (χ2v) is 5.91. The molecule has 1 aliphatic heterocycles. The van der Waals surface area contributed by atoms with Crippen molar-refractivity contribution in [1.29, 1.82) is 0 Å². The first-order valence-corrected chi connectivity index (χ1v) is 6.72. The molecule has 0 saturated carbocycles. The summed E-state index contributed by atoms with van der Waals surface area (Å²) in [7, 11) is -3.23. The molecule has 5 nitrogen and oxygen atoms in total. The molecule has 0 radical (unpaired) electrons. The van der Waals surface area contributed by atoms with Crippen LogP contribution in [0.4, 0.5) is 0 Å². The molecule has 2 N–H and O–H groups in total. The lowest BCUT2D eigenvalue weighted by Crippen LogP contribution is -2.33. The maximum Gasteiger partial charge on any atom is 0.180 e. The second-order valence-electron chi connectivity index (χ2n) is 3.87. The maximum absolute atomic E-state index is 11.9. The summed E-state index contributed by atoms with van der Waals surface area (Å²) in [5, 5.41) is 0. The number of pyridine rings is 1. The first-order valence-electron chi connectivity index (χ1n) is 5.07. The molecule has 2 heterocycles. The summed E-state index contributed by atoms with van der Waals surface area (Å²) in [5.74, 6) is 0.260. The van der Waals surface area contributed by atoms with Crippen LogP contribution in [0.1, 0.15) is 5.69 Å². The van der Waals surface area contributed by atoms with E-state index in [-0.39, 0.29) is 16.6 Å². The monoisotopic (exact) mass is 242 g/mol. The number of nitrogens with two attached hydrogens (primary N) is 1. The number of ether oxygens (including phenoxy) is 1. The molecule has 0 unspecified atom stereocenters. The fourth-order valence-corrected chi connectivity index (χ4v) is 3.00. The number of hydrogen-bond donors (Lipinski definition) is 1. The van der Waals surface area contributed by atoms with Crippen molar-refractivity contribution < 1.29 is 13.2 Å². The minimum Gasteiger partial charge on any atom is -0.381 e. The van der Waals surface area contributed by atoms with Crippen LogP contribution in [0, 0.1) is 5.92 Å². The van der Waals surface area contributed by atoms with Crippen molar-refractivity contribution in [1.82, 2.24) is 4.98 Å². The molecule has 1 fully saturated rings. The lowest BCUT2D eigenvalue weighted by atomic mass is 10.1. The molecule has 6 heteroatoms. The highest BCUT2D eigenvalue weighted by Crippen LogP contribution is 2.18. The highest BCUT2D eigenvalue weighted by molar-refractivity contribution is 7.91. The van der Waals surface area contributed by atoms with Crippen molar-refractivity contribution in [3.63, 3.8) is 0 Å². The molecule has 0 amide bonds. The lowest BCUT2D eigenvalue weighted by molar-refractivity contribution is -0.0204. The van der Waals surface area contributed by atoms with E-state index in [1.54, 1.807) is 12.1 Å². The van der Waals surface area contributed by atoms with Crippen LogP contribution >= 0.6 is 0 Å². The largest absolute Gasteiger partial charge is 0.381 e. The van der Waals surface area contributed by atoms with Crippen LogP contribution in [-0.4, -0.2) is 32.4 Å². The van der Waals surface area contributed by atoms with Crippen LogP contribution in [0.3, 0.4) is 0 Å². The molecule has 0 bridgehead atoms. The molecule has 0 spiro atoms. The molecule has 1 aliphatic rings. The van der Waals surface area contributed by atoms with Crippen LogP contribution < -0.4 is 5.73 Å². The molecule has 1 aromatic rings. The number of rotatable bonds is 4. The first kappa shape index (κ1) is 11.5. The highest BCUT2D eigenvalue weighted by Gasteiger charge is 2.26. The van der Waals surface area contributed by atoms with E-state index in [4.69, 9.17) is 10.5 Å². The average Bonchev–Trinajstić information content (AvgIpc) is 2.24. The Hall–Kier alpha value is -0.980. The van der Waals surface area contributed by atoms with E-state index < -0.39 is 9.84 Å². The van der Waals surface area contributed by atoms with Crippen LogP contribution in [0.2, 0.25) is 0 Å². The van der Waals surface area contributed by atoms with Gasteiger partial charge in [0.15, 0.2) is 9.84 Å². The van der Waals surface area contributed by atoms with Gasteiger partial charge >= 0.3 is 0 Å². The van der Waals surface area contributed by atoms with Crippen molar-refractivity contribution in [2.45, 2.75) is 11.4 Å². The Bertz CT molecular complexity index is 451. The Morgan fingerprint density at radius 3 is 2.62 bits per heavy atom. The van der Waals surface area contributed by atoms with E-state index in [1.165, 1.54) is 6.20 Å². The molecule has 0 aromatic carbocycles. The molecule has 0 aliphatic carbocycles. The molecule has 1 aromatic heterocycles. The Morgan fingerprint density at radius 1 is 1.44 bits per heavy atom. The normalized spacial score (nSPS) is 17.1. The highest BCUT2D eigenvalue weighted by atomic mass is 32.2. The van der Waals surface area contributed by atoms with Gasteiger partial charge in [0.2, 0.25) is 0 Å². The topological polar surface area (TPSA) is 82.3 Å². The van der Waals surface area contributed by atoms with E-state index in [0.717, 1.165) is 0 Å². The van der Waals surface area contributed by atoms with Crippen LogP contribution in [0.5, 0.6) is 0 Å². The summed E-state index contributed by atoms with van der Waals surface area (Å²) in [5.41, 5.74) is 6.08. The van der Waals surface area contributed by atoms with Gasteiger partial charge in [-0.25, -0.2) is 8.42 Å². The fraction of sp³-hybridized carbons (Fsp3) is 0.500. The van der Waals surface area contributed by atoms with Gasteiger partial charge < -0.3 is 10.5 Å². The average molecular weight is 242 g/mol. The van der Waals surface area contributed by atoms with Gasteiger partial charge in [0.1, 0.15) is 0 Å². The van der Waals surface area contributed by atoms with Gasteiger partial charge in [-0.3, -0.25) is 4.98 Å². The van der Waals surface area contributed by atoms with Gasteiger partial charge in [0.25, 0.3) is 0 Å². The first-order chi connectivity index (χ1) is 7.62. The predicted octanol–water partition coefficient (Wildman–Crippen LogP) is -0.0396. The summed E-state index contributed by atoms with van der Waals surface area (Å²) in [6, 6.07) is 3.20. The molecular formula is C10H14N2O3S. The van der Waals surface area contributed by atoms with Crippen molar-refractivity contribution in [3.05, 3.63) is 24.0 Å². The number of sulfone groups is 1. The zero-order valence-corrected chi connectivity index (χ0v) is 9.61. The molecule has 2 rings (SSSR count). The lowest BCUT2D eigenvalue weighted by Gasteiger charge is -2.25. The van der Waals surface area contributed by atoms with Crippen molar-refractivity contribution >= 4 is 9.84 Å². The number of hydrogen-bond acceptors (Lipinski definition) is 5. The number of nitrogens with zero attached hydrogens (tertiary/aromatic N) is 1. The predicted molar refractivity (Wildman–Crippen MR) is 58.5 cm³/mol. The summed E-state index contributed by atoms with van der Waals surface area (Å²) < 4.78 is 28.8. The quantitative estimate of drug-likeness (QED) is 0.801. The van der Waals surface area contributed by atoms with E-state index in [1.807, 2.05) is 0 Å². The molecule has 88 valence electrons. The van der Waals surface area contributed by atoms with Gasteiger partial charge in [-0.2, -0.15) is 0 Å². The maximum atomic E-state index is 11.9. The zero-order valence-electron chi connectivity index (χ0n) is 8.80. The minimum absolute atomic E-state index is 0.124. The van der Waals surface area contributed by atoms with Gasteiger partial charge in [-0.15, -0.1) is 0 Å². The Balaban J connectivity index is 2.14. The van der Waals surface area contributed by atoms with Gasteiger partial charge in [-0.05, 0) is 12.1 Å².